The molecule has 2 aliphatic heterocycles. The standard InChI is InChI=1S/C13H18N4O2/c14-12(18)11-5-3-6-16(11)13(19)9-8-15-17-7-2-1-4-10(9)17/h8,11H,1-7H2,(H2,14,18)/t11-/m0/s1. The SMILES string of the molecule is NC(=O)[C@@H]1CCCN1C(=O)c1cnn2c1CCCC2. The second-order valence-electron chi connectivity index (χ2n) is 5.24. The zero-order valence-electron chi connectivity index (χ0n) is 10.8. The number of fused-ring (bicyclic) bond motifs is 1. The number of primary amides is 1. The monoisotopic (exact) mass is 262 g/mol. The largest absolute Gasteiger partial charge is 0.368 e. The molecular weight excluding hydrogens is 244 g/mol. The number of amides is 2. The maximum atomic E-state index is 12.6. The molecule has 1 aromatic heterocycles. The van der Waals surface area contributed by atoms with Crippen LogP contribution < -0.4 is 5.73 Å². The summed E-state index contributed by atoms with van der Waals surface area (Å²) in [6.45, 7) is 1.49. The van der Waals surface area contributed by atoms with Crippen LogP contribution in [0.4, 0.5) is 0 Å². The van der Waals surface area contributed by atoms with Gasteiger partial charge in [-0.25, -0.2) is 0 Å². The molecule has 0 bridgehead atoms. The van der Waals surface area contributed by atoms with Crippen molar-refractivity contribution < 1.29 is 9.59 Å². The molecule has 2 amide bonds. The van der Waals surface area contributed by atoms with Gasteiger partial charge in [-0.2, -0.15) is 5.10 Å². The van der Waals surface area contributed by atoms with Gasteiger partial charge in [0.15, 0.2) is 0 Å². The number of rotatable bonds is 2. The van der Waals surface area contributed by atoms with E-state index in [1.165, 1.54) is 0 Å². The van der Waals surface area contributed by atoms with Gasteiger partial charge in [0.2, 0.25) is 5.91 Å². The van der Waals surface area contributed by atoms with Gasteiger partial charge in [-0.1, -0.05) is 0 Å². The molecule has 2 aliphatic rings. The summed E-state index contributed by atoms with van der Waals surface area (Å²) in [5.41, 5.74) is 7.02. The molecule has 3 heterocycles. The van der Waals surface area contributed by atoms with Crippen molar-refractivity contribution in [1.82, 2.24) is 14.7 Å². The lowest BCUT2D eigenvalue weighted by Gasteiger charge is -2.23. The molecule has 6 heteroatoms. The predicted molar refractivity (Wildman–Crippen MR) is 68.4 cm³/mol. The first kappa shape index (κ1) is 12.2. The first-order valence-corrected chi connectivity index (χ1v) is 6.83. The van der Waals surface area contributed by atoms with Gasteiger partial charge in [0.25, 0.3) is 5.91 Å². The van der Waals surface area contributed by atoms with Crippen molar-refractivity contribution in [3.8, 4) is 0 Å². The fourth-order valence-electron chi connectivity index (χ4n) is 3.06. The Morgan fingerprint density at radius 3 is 2.89 bits per heavy atom. The van der Waals surface area contributed by atoms with Crippen molar-refractivity contribution in [3.63, 3.8) is 0 Å². The number of nitrogens with two attached hydrogens (primary N) is 1. The molecule has 3 rings (SSSR count). The third-order valence-electron chi connectivity index (χ3n) is 4.05. The Bertz CT molecular complexity index is 523. The van der Waals surface area contributed by atoms with E-state index < -0.39 is 11.9 Å². The van der Waals surface area contributed by atoms with E-state index >= 15 is 0 Å². The summed E-state index contributed by atoms with van der Waals surface area (Å²) in [4.78, 5) is 25.5. The van der Waals surface area contributed by atoms with Gasteiger partial charge in [0, 0.05) is 13.1 Å². The normalized spacial score (nSPS) is 22.3. The molecule has 0 aliphatic carbocycles. The van der Waals surface area contributed by atoms with Gasteiger partial charge >= 0.3 is 0 Å². The Hall–Kier alpha value is -1.85. The number of aromatic nitrogens is 2. The molecule has 6 nitrogen and oxygen atoms in total. The highest BCUT2D eigenvalue weighted by molar-refractivity contribution is 5.98. The molecule has 2 N–H and O–H groups in total. The van der Waals surface area contributed by atoms with E-state index in [-0.39, 0.29) is 5.91 Å². The first-order chi connectivity index (χ1) is 9.18. The summed E-state index contributed by atoms with van der Waals surface area (Å²) in [6.07, 6.45) is 6.23. The van der Waals surface area contributed by atoms with Gasteiger partial charge in [0.1, 0.15) is 6.04 Å². The minimum absolute atomic E-state index is 0.0931. The van der Waals surface area contributed by atoms with Gasteiger partial charge in [0.05, 0.1) is 17.5 Å². The van der Waals surface area contributed by atoms with Crippen LogP contribution >= 0.6 is 0 Å². The first-order valence-electron chi connectivity index (χ1n) is 6.83. The van der Waals surface area contributed by atoms with Crippen LogP contribution in [0.5, 0.6) is 0 Å². The van der Waals surface area contributed by atoms with Crippen molar-refractivity contribution in [2.75, 3.05) is 6.54 Å². The molecule has 0 spiro atoms. The summed E-state index contributed by atoms with van der Waals surface area (Å²) >= 11 is 0. The third-order valence-corrected chi connectivity index (χ3v) is 4.05. The highest BCUT2D eigenvalue weighted by Crippen LogP contribution is 2.24. The predicted octanol–water partition coefficient (Wildman–Crippen LogP) is 0.309. The van der Waals surface area contributed by atoms with Crippen molar-refractivity contribution in [1.29, 1.82) is 0 Å². The highest BCUT2D eigenvalue weighted by atomic mass is 16.2. The lowest BCUT2D eigenvalue weighted by Crippen LogP contribution is -2.43. The maximum Gasteiger partial charge on any atom is 0.258 e. The molecular formula is C13H18N4O2. The number of nitrogens with zero attached hydrogens (tertiary/aromatic N) is 3. The minimum atomic E-state index is -0.452. The Balaban J connectivity index is 1.88. The summed E-state index contributed by atoms with van der Waals surface area (Å²) in [6, 6.07) is -0.452. The molecule has 102 valence electrons. The fraction of sp³-hybridized carbons (Fsp3) is 0.615. The smallest absolute Gasteiger partial charge is 0.258 e. The molecule has 0 saturated carbocycles. The van der Waals surface area contributed by atoms with Gasteiger partial charge < -0.3 is 10.6 Å². The minimum Gasteiger partial charge on any atom is -0.368 e. The zero-order chi connectivity index (χ0) is 13.4. The van der Waals surface area contributed by atoms with Gasteiger partial charge in [-0.15, -0.1) is 0 Å². The maximum absolute atomic E-state index is 12.6. The zero-order valence-corrected chi connectivity index (χ0v) is 10.8. The van der Waals surface area contributed by atoms with Crippen LogP contribution in [0, 0.1) is 0 Å². The van der Waals surface area contributed by atoms with Crippen molar-refractivity contribution in [3.05, 3.63) is 17.5 Å². The number of carbonyl (C=O) groups is 2. The summed E-state index contributed by atoms with van der Waals surface area (Å²) in [7, 11) is 0. The Morgan fingerprint density at radius 1 is 1.26 bits per heavy atom. The van der Waals surface area contributed by atoms with E-state index in [0.717, 1.165) is 37.9 Å². The Labute approximate surface area is 111 Å². The lowest BCUT2D eigenvalue weighted by atomic mass is 10.1. The molecule has 19 heavy (non-hydrogen) atoms. The molecule has 1 fully saturated rings. The van der Waals surface area contributed by atoms with Crippen LogP contribution in [-0.4, -0.2) is 39.1 Å². The Morgan fingerprint density at radius 2 is 2.11 bits per heavy atom. The summed E-state index contributed by atoms with van der Waals surface area (Å²) < 4.78 is 1.91. The average Bonchev–Trinajstić information content (AvgIpc) is 3.05. The molecule has 0 radical (unpaired) electrons. The number of aryl methyl sites for hydroxylation is 1. The molecule has 1 aromatic rings. The van der Waals surface area contributed by atoms with Crippen LogP contribution in [0.25, 0.3) is 0 Å². The van der Waals surface area contributed by atoms with Crippen LogP contribution in [0.2, 0.25) is 0 Å². The van der Waals surface area contributed by atoms with E-state index in [4.69, 9.17) is 5.73 Å². The van der Waals surface area contributed by atoms with Crippen LogP contribution in [0.3, 0.4) is 0 Å². The van der Waals surface area contributed by atoms with Crippen molar-refractivity contribution >= 4 is 11.8 Å². The van der Waals surface area contributed by atoms with E-state index in [0.29, 0.717) is 18.5 Å². The van der Waals surface area contributed by atoms with Crippen molar-refractivity contribution in [2.24, 2.45) is 5.73 Å². The highest BCUT2D eigenvalue weighted by Gasteiger charge is 2.35. The number of hydrogen-bond acceptors (Lipinski definition) is 3. The van der Waals surface area contributed by atoms with E-state index in [1.54, 1.807) is 11.1 Å². The second kappa shape index (κ2) is 4.68. The van der Waals surface area contributed by atoms with Crippen LogP contribution in [0.15, 0.2) is 6.20 Å². The van der Waals surface area contributed by atoms with E-state index in [9.17, 15) is 9.59 Å². The third kappa shape index (κ3) is 2.01. The van der Waals surface area contributed by atoms with Gasteiger partial charge in [-0.3, -0.25) is 14.3 Å². The molecule has 1 saturated heterocycles. The topological polar surface area (TPSA) is 81.2 Å². The van der Waals surface area contributed by atoms with Crippen LogP contribution in [-0.2, 0) is 17.8 Å². The molecule has 0 unspecified atom stereocenters. The summed E-state index contributed by atoms with van der Waals surface area (Å²) in [5.74, 6) is -0.503. The average molecular weight is 262 g/mol. The van der Waals surface area contributed by atoms with E-state index in [2.05, 4.69) is 5.10 Å². The van der Waals surface area contributed by atoms with Crippen molar-refractivity contribution in [2.45, 2.75) is 44.7 Å². The lowest BCUT2D eigenvalue weighted by molar-refractivity contribution is -0.121. The Kier molecular flexibility index (Phi) is 3.00. The number of hydrogen-bond donors (Lipinski definition) is 1. The van der Waals surface area contributed by atoms with E-state index in [1.807, 2.05) is 4.68 Å². The quantitative estimate of drug-likeness (QED) is 0.832. The molecule has 0 aromatic carbocycles. The molecule has 1 atom stereocenters. The number of carbonyl (C=O) groups excluding carboxylic acids is 2. The second-order valence-corrected chi connectivity index (χ2v) is 5.24. The fourth-order valence-corrected chi connectivity index (χ4v) is 3.06. The number of likely N-dealkylation sites (tertiary alicyclic amines) is 1. The van der Waals surface area contributed by atoms with Gasteiger partial charge in [-0.05, 0) is 32.1 Å². The van der Waals surface area contributed by atoms with Crippen LogP contribution in [0.1, 0.15) is 41.7 Å². The summed E-state index contributed by atoms with van der Waals surface area (Å²) in [5, 5.41) is 4.27.